The summed E-state index contributed by atoms with van der Waals surface area (Å²) in [4.78, 5) is 23.5. The largest absolute Gasteiger partial charge is 0.346 e. The van der Waals surface area contributed by atoms with Gasteiger partial charge in [-0.2, -0.15) is 0 Å². The number of rotatable bonds is 5. The van der Waals surface area contributed by atoms with Crippen molar-refractivity contribution in [2.75, 3.05) is 0 Å². The van der Waals surface area contributed by atoms with E-state index in [0.29, 0.717) is 12.8 Å². The number of carbonyl (C=O) groups excluding carboxylic acids is 2. The van der Waals surface area contributed by atoms with Gasteiger partial charge in [-0.25, -0.2) is 0 Å². The van der Waals surface area contributed by atoms with E-state index >= 15 is 0 Å². The van der Waals surface area contributed by atoms with Crippen LogP contribution in [0.25, 0.3) is 0 Å². The first kappa shape index (κ1) is 15.4. The Bertz CT molecular complexity index is 432. The minimum Gasteiger partial charge on any atom is -0.346 e. The maximum absolute atomic E-state index is 11.9. The van der Waals surface area contributed by atoms with Gasteiger partial charge in [-0.15, -0.1) is 0 Å². The lowest BCUT2D eigenvalue weighted by molar-refractivity contribution is -0.128. The van der Waals surface area contributed by atoms with Gasteiger partial charge in [-0.3, -0.25) is 9.59 Å². The van der Waals surface area contributed by atoms with Crippen LogP contribution in [-0.4, -0.2) is 17.7 Å². The molecule has 0 aromatic heterocycles. The zero-order valence-electron chi connectivity index (χ0n) is 12.2. The monoisotopic (exact) mass is 261 g/mol. The maximum atomic E-state index is 11.9. The molecule has 0 fully saturated rings. The Labute approximate surface area is 115 Å². The number of hydrogen-bond acceptors (Lipinski definition) is 2. The second-order valence-corrected chi connectivity index (χ2v) is 6.16. The predicted octanol–water partition coefficient (Wildman–Crippen LogP) is 2.74. The van der Waals surface area contributed by atoms with Gasteiger partial charge in [0.05, 0.1) is 6.04 Å². The highest BCUT2D eigenvalue weighted by Gasteiger charge is 2.21. The summed E-state index contributed by atoms with van der Waals surface area (Å²) in [6, 6.07) is 9.30. The molecular weight excluding hydrogens is 238 g/mol. The standard InChI is InChI=1S/C16H23NO2/c1-12(18)14(10-13-8-6-5-7-9-13)17-15(19)11-16(2,3)4/h5-9,14H,10-11H2,1-4H3,(H,17,19). The molecule has 3 heteroatoms. The molecule has 0 radical (unpaired) electrons. The van der Waals surface area contributed by atoms with Crippen LogP contribution >= 0.6 is 0 Å². The third-order valence-electron chi connectivity index (χ3n) is 2.80. The Kier molecular flexibility index (Phi) is 5.28. The van der Waals surface area contributed by atoms with Gasteiger partial charge in [-0.05, 0) is 24.3 Å². The summed E-state index contributed by atoms with van der Waals surface area (Å²) in [6.07, 6.45) is 0.970. The van der Waals surface area contributed by atoms with Crippen LogP contribution in [0.15, 0.2) is 30.3 Å². The van der Waals surface area contributed by atoms with Gasteiger partial charge in [-0.1, -0.05) is 51.1 Å². The molecule has 0 aliphatic rings. The van der Waals surface area contributed by atoms with Crippen LogP contribution in [0.5, 0.6) is 0 Å². The van der Waals surface area contributed by atoms with Gasteiger partial charge in [0.15, 0.2) is 5.78 Å². The fraction of sp³-hybridized carbons (Fsp3) is 0.500. The van der Waals surface area contributed by atoms with Crippen molar-refractivity contribution < 1.29 is 9.59 Å². The topological polar surface area (TPSA) is 46.2 Å². The van der Waals surface area contributed by atoms with E-state index in [2.05, 4.69) is 5.32 Å². The van der Waals surface area contributed by atoms with Crippen LogP contribution in [0.4, 0.5) is 0 Å². The zero-order valence-corrected chi connectivity index (χ0v) is 12.2. The Morgan fingerprint density at radius 3 is 2.21 bits per heavy atom. The summed E-state index contributed by atoms with van der Waals surface area (Å²) in [6.45, 7) is 7.54. The normalized spacial score (nSPS) is 12.8. The summed E-state index contributed by atoms with van der Waals surface area (Å²) >= 11 is 0. The van der Waals surface area contributed by atoms with Crippen LogP contribution in [0, 0.1) is 5.41 Å². The number of hydrogen-bond donors (Lipinski definition) is 1. The summed E-state index contributed by atoms with van der Waals surface area (Å²) in [5.41, 5.74) is 0.983. The van der Waals surface area contributed by atoms with Crippen molar-refractivity contribution in [2.24, 2.45) is 5.41 Å². The van der Waals surface area contributed by atoms with Gasteiger partial charge in [0, 0.05) is 6.42 Å². The maximum Gasteiger partial charge on any atom is 0.221 e. The lowest BCUT2D eigenvalue weighted by Crippen LogP contribution is -2.42. The van der Waals surface area contributed by atoms with Crippen molar-refractivity contribution in [1.82, 2.24) is 5.32 Å². The highest BCUT2D eigenvalue weighted by atomic mass is 16.2. The summed E-state index contributed by atoms with van der Waals surface area (Å²) in [5.74, 6) is -0.0743. The number of ketones is 1. The average molecular weight is 261 g/mol. The first-order valence-corrected chi connectivity index (χ1v) is 6.62. The third kappa shape index (κ3) is 6.18. The highest BCUT2D eigenvalue weighted by Crippen LogP contribution is 2.18. The van der Waals surface area contributed by atoms with E-state index in [1.54, 1.807) is 0 Å². The van der Waals surface area contributed by atoms with Crippen molar-refractivity contribution in [3.05, 3.63) is 35.9 Å². The smallest absolute Gasteiger partial charge is 0.221 e. The number of amides is 1. The number of Topliss-reactive ketones (excluding diaryl/α,β-unsaturated/α-hetero) is 1. The van der Waals surface area contributed by atoms with E-state index in [4.69, 9.17) is 0 Å². The van der Waals surface area contributed by atoms with E-state index in [-0.39, 0.29) is 17.1 Å². The summed E-state index contributed by atoms with van der Waals surface area (Å²) < 4.78 is 0. The minimum absolute atomic E-state index is 0.00823. The Morgan fingerprint density at radius 1 is 1.16 bits per heavy atom. The van der Waals surface area contributed by atoms with Crippen molar-refractivity contribution >= 4 is 11.7 Å². The molecule has 1 aromatic carbocycles. The summed E-state index contributed by atoms with van der Waals surface area (Å²) in [5, 5.41) is 2.83. The third-order valence-corrected chi connectivity index (χ3v) is 2.80. The quantitative estimate of drug-likeness (QED) is 0.886. The molecule has 1 rings (SSSR count). The minimum atomic E-state index is -0.433. The molecule has 0 aliphatic heterocycles. The molecule has 0 spiro atoms. The molecule has 19 heavy (non-hydrogen) atoms. The van der Waals surface area contributed by atoms with E-state index in [1.165, 1.54) is 6.92 Å². The SMILES string of the molecule is CC(=O)C(Cc1ccccc1)NC(=O)CC(C)(C)C. The molecule has 0 heterocycles. The first-order chi connectivity index (χ1) is 8.78. The van der Waals surface area contributed by atoms with Gasteiger partial charge >= 0.3 is 0 Å². The molecule has 1 unspecified atom stereocenters. The van der Waals surface area contributed by atoms with Crippen LogP contribution in [0.2, 0.25) is 0 Å². The van der Waals surface area contributed by atoms with Crippen molar-refractivity contribution in [2.45, 2.75) is 46.6 Å². The molecule has 104 valence electrons. The molecule has 1 amide bonds. The van der Waals surface area contributed by atoms with Gasteiger partial charge in [0.25, 0.3) is 0 Å². The van der Waals surface area contributed by atoms with Gasteiger partial charge < -0.3 is 5.32 Å². The van der Waals surface area contributed by atoms with Gasteiger partial charge in [0.2, 0.25) is 5.91 Å². The second kappa shape index (κ2) is 6.50. The lowest BCUT2D eigenvalue weighted by atomic mass is 9.91. The van der Waals surface area contributed by atoms with E-state index < -0.39 is 6.04 Å². The van der Waals surface area contributed by atoms with Crippen molar-refractivity contribution in [1.29, 1.82) is 0 Å². The number of nitrogens with one attached hydrogen (secondary N) is 1. The Hall–Kier alpha value is -1.64. The number of benzene rings is 1. The molecule has 0 saturated carbocycles. The highest BCUT2D eigenvalue weighted by molar-refractivity contribution is 5.87. The molecule has 3 nitrogen and oxygen atoms in total. The van der Waals surface area contributed by atoms with Crippen LogP contribution in [-0.2, 0) is 16.0 Å². The molecule has 1 N–H and O–H groups in total. The van der Waals surface area contributed by atoms with Crippen LogP contribution in [0.1, 0.15) is 39.7 Å². The van der Waals surface area contributed by atoms with E-state index in [1.807, 2.05) is 51.1 Å². The Balaban J connectivity index is 2.64. The van der Waals surface area contributed by atoms with Gasteiger partial charge in [0.1, 0.15) is 0 Å². The Morgan fingerprint density at radius 2 is 1.74 bits per heavy atom. The molecular formula is C16H23NO2. The van der Waals surface area contributed by atoms with Crippen molar-refractivity contribution in [3.8, 4) is 0 Å². The van der Waals surface area contributed by atoms with Crippen molar-refractivity contribution in [3.63, 3.8) is 0 Å². The number of carbonyl (C=O) groups is 2. The van der Waals surface area contributed by atoms with Crippen LogP contribution in [0.3, 0.4) is 0 Å². The van der Waals surface area contributed by atoms with Crippen LogP contribution < -0.4 is 5.32 Å². The predicted molar refractivity (Wildman–Crippen MR) is 76.8 cm³/mol. The fourth-order valence-corrected chi connectivity index (χ4v) is 1.87. The molecule has 0 saturated heterocycles. The fourth-order valence-electron chi connectivity index (χ4n) is 1.87. The molecule has 0 bridgehead atoms. The lowest BCUT2D eigenvalue weighted by Gasteiger charge is -2.21. The molecule has 1 atom stereocenters. The average Bonchev–Trinajstić information content (AvgIpc) is 2.26. The van der Waals surface area contributed by atoms with E-state index in [9.17, 15) is 9.59 Å². The second-order valence-electron chi connectivity index (χ2n) is 6.16. The summed E-state index contributed by atoms with van der Waals surface area (Å²) in [7, 11) is 0. The zero-order chi connectivity index (χ0) is 14.5. The molecule has 1 aromatic rings. The van der Waals surface area contributed by atoms with E-state index in [0.717, 1.165) is 5.56 Å². The first-order valence-electron chi connectivity index (χ1n) is 6.62. The molecule has 0 aliphatic carbocycles.